The monoisotopic (exact) mass is 339 g/mol. The van der Waals surface area contributed by atoms with Crippen LogP contribution in [-0.2, 0) is 0 Å². The minimum atomic E-state index is -0.180. The number of carbonyl (C=O) groups is 1. The summed E-state index contributed by atoms with van der Waals surface area (Å²) in [5.41, 5.74) is 0.887. The van der Waals surface area contributed by atoms with Gasteiger partial charge in [0.25, 0.3) is 0 Å². The number of hydrogen-bond acceptors (Lipinski definition) is 3. The fourth-order valence-corrected chi connectivity index (χ4v) is 2.20. The number of halogens is 2. The van der Waals surface area contributed by atoms with E-state index < -0.39 is 0 Å². The predicted octanol–water partition coefficient (Wildman–Crippen LogP) is 4.13. The van der Waals surface area contributed by atoms with Crippen LogP contribution in [-0.4, -0.2) is 17.4 Å². The SMILES string of the molecule is CCOc1cncc(C(=O)c2cccc(Br)c2Cl)c1. The summed E-state index contributed by atoms with van der Waals surface area (Å²) in [5.74, 6) is 0.389. The number of aromatic nitrogens is 1. The maximum atomic E-state index is 12.4. The van der Waals surface area contributed by atoms with Crippen LogP contribution in [0.4, 0.5) is 0 Å². The highest BCUT2D eigenvalue weighted by molar-refractivity contribution is 9.10. The number of rotatable bonds is 4. The van der Waals surface area contributed by atoms with Crippen LogP contribution >= 0.6 is 27.5 Å². The Morgan fingerprint density at radius 1 is 1.42 bits per heavy atom. The van der Waals surface area contributed by atoms with Crippen molar-refractivity contribution in [3.63, 3.8) is 0 Å². The Morgan fingerprint density at radius 3 is 2.95 bits per heavy atom. The number of ketones is 1. The number of carbonyl (C=O) groups excluding carboxylic acids is 1. The molecule has 2 aromatic rings. The van der Waals surface area contributed by atoms with Crippen LogP contribution < -0.4 is 4.74 Å². The van der Waals surface area contributed by atoms with Crippen LogP contribution in [0.25, 0.3) is 0 Å². The molecule has 0 spiro atoms. The standard InChI is InChI=1S/C14H11BrClNO2/c1-2-19-10-6-9(7-17-8-10)14(18)11-4-3-5-12(15)13(11)16/h3-8H,2H2,1H3. The van der Waals surface area contributed by atoms with Gasteiger partial charge >= 0.3 is 0 Å². The normalized spacial score (nSPS) is 10.3. The van der Waals surface area contributed by atoms with E-state index in [0.29, 0.717) is 33.0 Å². The largest absolute Gasteiger partial charge is 0.492 e. The quantitative estimate of drug-likeness (QED) is 0.786. The average Bonchev–Trinajstić information content (AvgIpc) is 2.42. The van der Waals surface area contributed by atoms with Gasteiger partial charge in [0.1, 0.15) is 5.75 Å². The van der Waals surface area contributed by atoms with Crippen molar-refractivity contribution in [1.82, 2.24) is 4.98 Å². The molecule has 1 heterocycles. The maximum absolute atomic E-state index is 12.4. The summed E-state index contributed by atoms with van der Waals surface area (Å²) in [7, 11) is 0. The number of hydrogen-bond donors (Lipinski definition) is 0. The van der Waals surface area contributed by atoms with E-state index in [0.717, 1.165) is 0 Å². The summed E-state index contributed by atoms with van der Waals surface area (Å²) >= 11 is 9.42. The minimum Gasteiger partial charge on any atom is -0.492 e. The van der Waals surface area contributed by atoms with Gasteiger partial charge < -0.3 is 4.74 Å². The van der Waals surface area contributed by atoms with Gasteiger partial charge in [-0.3, -0.25) is 9.78 Å². The Bertz CT molecular complexity index is 616. The molecular weight excluding hydrogens is 330 g/mol. The smallest absolute Gasteiger partial charge is 0.196 e. The first-order valence-corrected chi connectivity index (χ1v) is 6.87. The number of ether oxygens (including phenoxy) is 1. The lowest BCUT2D eigenvalue weighted by molar-refractivity contribution is 0.103. The van der Waals surface area contributed by atoms with E-state index in [-0.39, 0.29) is 5.78 Å². The topological polar surface area (TPSA) is 39.2 Å². The van der Waals surface area contributed by atoms with Gasteiger partial charge in [-0.15, -0.1) is 0 Å². The molecule has 1 aromatic carbocycles. The molecule has 19 heavy (non-hydrogen) atoms. The highest BCUT2D eigenvalue weighted by atomic mass is 79.9. The summed E-state index contributed by atoms with van der Waals surface area (Å²) in [6.07, 6.45) is 3.07. The summed E-state index contributed by atoms with van der Waals surface area (Å²) in [4.78, 5) is 16.4. The molecule has 0 aliphatic heterocycles. The molecule has 0 radical (unpaired) electrons. The van der Waals surface area contributed by atoms with Gasteiger partial charge in [0.15, 0.2) is 5.78 Å². The van der Waals surface area contributed by atoms with Crippen LogP contribution in [0.2, 0.25) is 5.02 Å². The fraction of sp³-hybridized carbons (Fsp3) is 0.143. The summed E-state index contributed by atoms with van der Waals surface area (Å²) in [6, 6.07) is 6.90. The van der Waals surface area contributed by atoms with Gasteiger partial charge in [0.05, 0.1) is 17.8 Å². The van der Waals surface area contributed by atoms with Gasteiger partial charge in [-0.05, 0) is 41.1 Å². The van der Waals surface area contributed by atoms with Crippen LogP contribution in [0.1, 0.15) is 22.8 Å². The van der Waals surface area contributed by atoms with Gasteiger partial charge in [0, 0.05) is 21.8 Å². The third kappa shape index (κ3) is 3.14. The van der Waals surface area contributed by atoms with Crippen molar-refractivity contribution < 1.29 is 9.53 Å². The second-order valence-electron chi connectivity index (χ2n) is 3.77. The average molecular weight is 341 g/mol. The molecule has 0 atom stereocenters. The Hall–Kier alpha value is -1.39. The van der Waals surface area contributed by atoms with Gasteiger partial charge in [-0.2, -0.15) is 0 Å². The Morgan fingerprint density at radius 2 is 2.21 bits per heavy atom. The first kappa shape index (κ1) is 14.0. The molecule has 5 heteroatoms. The molecule has 3 nitrogen and oxygen atoms in total. The van der Waals surface area contributed by atoms with Crippen molar-refractivity contribution in [3.05, 3.63) is 57.3 Å². The highest BCUT2D eigenvalue weighted by Gasteiger charge is 2.15. The molecule has 0 N–H and O–H groups in total. The Balaban J connectivity index is 2.38. The Labute approximate surface area is 124 Å². The van der Waals surface area contributed by atoms with E-state index in [1.54, 1.807) is 30.5 Å². The summed E-state index contributed by atoms with van der Waals surface area (Å²) < 4.78 is 6.02. The van der Waals surface area contributed by atoms with Crippen molar-refractivity contribution in [2.75, 3.05) is 6.61 Å². The van der Waals surface area contributed by atoms with Crippen LogP contribution in [0.3, 0.4) is 0 Å². The zero-order chi connectivity index (χ0) is 13.8. The van der Waals surface area contributed by atoms with Gasteiger partial charge in [-0.1, -0.05) is 17.7 Å². The van der Waals surface area contributed by atoms with E-state index in [4.69, 9.17) is 16.3 Å². The zero-order valence-corrected chi connectivity index (χ0v) is 12.5. The van der Waals surface area contributed by atoms with E-state index in [2.05, 4.69) is 20.9 Å². The van der Waals surface area contributed by atoms with E-state index in [1.807, 2.05) is 6.92 Å². The van der Waals surface area contributed by atoms with E-state index in [9.17, 15) is 4.79 Å². The molecule has 0 amide bonds. The molecule has 0 saturated heterocycles. The first-order valence-electron chi connectivity index (χ1n) is 5.70. The molecule has 2 rings (SSSR count). The molecule has 1 aromatic heterocycles. The van der Waals surface area contributed by atoms with Crippen molar-refractivity contribution in [1.29, 1.82) is 0 Å². The minimum absolute atomic E-state index is 0.180. The lowest BCUT2D eigenvalue weighted by atomic mass is 10.1. The van der Waals surface area contributed by atoms with Gasteiger partial charge in [-0.25, -0.2) is 0 Å². The molecule has 0 unspecified atom stereocenters. The lowest BCUT2D eigenvalue weighted by Gasteiger charge is -2.07. The van der Waals surface area contributed by atoms with Gasteiger partial charge in [0.2, 0.25) is 0 Å². The predicted molar refractivity (Wildman–Crippen MR) is 78.0 cm³/mol. The second-order valence-corrected chi connectivity index (χ2v) is 5.01. The molecule has 0 fully saturated rings. The van der Waals surface area contributed by atoms with Crippen molar-refractivity contribution in [2.45, 2.75) is 6.92 Å². The molecule has 0 aliphatic carbocycles. The molecule has 98 valence electrons. The zero-order valence-electron chi connectivity index (χ0n) is 10.2. The van der Waals surface area contributed by atoms with Crippen LogP contribution in [0.5, 0.6) is 5.75 Å². The second kappa shape index (κ2) is 6.17. The summed E-state index contributed by atoms with van der Waals surface area (Å²) in [5, 5.41) is 0.398. The number of benzene rings is 1. The molecule has 0 bridgehead atoms. The molecule has 0 aliphatic rings. The van der Waals surface area contributed by atoms with Crippen molar-refractivity contribution >= 4 is 33.3 Å². The third-order valence-electron chi connectivity index (χ3n) is 2.48. The highest BCUT2D eigenvalue weighted by Crippen LogP contribution is 2.28. The third-order valence-corrected chi connectivity index (χ3v) is 3.78. The maximum Gasteiger partial charge on any atom is 0.196 e. The first-order chi connectivity index (χ1) is 9.13. The van der Waals surface area contributed by atoms with Crippen molar-refractivity contribution in [3.8, 4) is 5.75 Å². The summed E-state index contributed by atoms with van der Waals surface area (Å²) in [6.45, 7) is 2.40. The lowest BCUT2D eigenvalue weighted by Crippen LogP contribution is -2.04. The number of nitrogens with zero attached hydrogens (tertiary/aromatic N) is 1. The molecular formula is C14H11BrClNO2. The van der Waals surface area contributed by atoms with E-state index in [1.165, 1.54) is 6.20 Å². The number of pyridine rings is 1. The molecule has 0 saturated carbocycles. The van der Waals surface area contributed by atoms with Crippen LogP contribution in [0.15, 0.2) is 41.1 Å². The van der Waals surface area contributed by atoms with Crippen LogP contribution in [0, 0.1) is 0 Å². The Kier molecular flexibility index (Phi) is 4.56. The van der Waals surface area contributed by atoms with Crippen molar-refractivity contribution in [2.24, 2.45) is 0 Å². The fourth-order valence-electron chi connectivity index (χ4n) is 1.62. The van der Waals surface area contributed by atoms with E-state index >= 15 is 0 Å².